The van der Waals surface area contributed by atoms with E-state index in [-0.39, 0.29) is 56.2 Å². The van der Waals surface area contributed by atoms with Crippen molar-refractivity contribution in [2.45, 2.75) is 31.7 Å². The van der Waals surface area contributed by atoms with E-state index < -0.39 is 12.2 Å². The fraction of sp³-hybridized carbons (Fsp3) is 0.250. The summed E-state index contributed by atoms with van der Waals surface area (Å²) in [5.41, 5.74) is 3.87. The summed E-state index contributed by atoms with van der Waals surface area (Å²) in [7, 11) is 0. The van der Waals surface area contributed by atoms with Crippen LogP contribution in [0.4, 0.5) is 4.79 Å². The number of aromatic nitrogens is 1. The average Bonchev–Trinajstić information content (AvgIpc) is 3.48. The van der Waals surface area contributed by atoms with E-state index in [9.17, 15) is 19.5 Å². The maximum absolute atomic E-state index is 14.1. The van der Waals surface area contributed by atoms with Crippen LogP contribution < -0.4 is 5.32 Å². The van der Waals surface area contributed by atoms with E-state index in [0.29, 0.717) is 17.6 Å². The molecular weight excluding hydrogens is 548 g/mol. The van der Waals surface area contributed by atoms with Crippen molar-refractivity contribution in [1.29, 1.82) is 0 Å². The minimum absolute atomic E-state index is 0.0806. The van der Waals surface area contributed by atoms with Crippen LogP contribution in [0.15, 0.2) is 96.3 Å². The van der Waals surface area contributed by atoms with Gasteiger partial charge in [0.25, 0.3) is 0 Å². The number of oxazole rings is 1. The van der Waals surface area contributed by atoms with Crippen molar-refractivity contribution < 1.29 is 23.9 Å². The molecule has 3 aromatic carbocycles. The second-order valence-electron chi connectivity index (χ2n) is 10.7. The van der Waals surface area contributed by atoms with E-state index in [4.69, 9.17) is 4.42 Å². The van der Waals surface area contributed by atoms with Crippen LogP contribution >= 0.6 is 0 Å². The van der Waals surface area contributed by atoms with E-state index in [1.54, 1.807) is 50.2 Å². The highest BCUT2D eigenvalue weighted by Gasteiger charge is 2.51. The summed E-state index contributed by atoms with van der Waals surface area (Å²) in [4.78, 5) is 49.1. The Hall–Kier alpha value is -5.16. The van der Waals surface area contributed by atoms with Gasteiger partial charge in [0.05, 0.1) is 13.1 Å². The Kier molecular flexibility index (Phi) is 7.80. The van der Waals surface area contributed by atoms with Crippen LogP contribution in [-0.4, -0.2) is 79.6 Å². The lowest BCUT2D eigenvalue weighted by Crippen LogP contribution is -2.76. The molecule has 0 bridgehead atoms. The van der Waals surface area contributed by atoms with E-state index in [1.165, 1.54) is 6.39 Å². The Bertz CT molecular complexity index is 1640. The van der Waals surface area contributed by atoms with Gasteiger partial charge < -0.3 is 24.6 Å². The van der Waals surface area contributed by atoms with Gasteiger partial charge in [-0.25, -0.2) is 19.8 Å². The van der Waals surface area contributed by atoms with Gasteiger partial charge in [-0.3, -0.25) is 9.59 Å². The third-order valence-corrected chi connectivity index (χ3v) is 7.80. The molecule has 0 radical (unpaired) electrons. The second kappa shape index (κ2) is 12.0. The molecule has 2 fully saturated rings. The lowest BCUT2D eigenvalue weighted by Gasteiger charge is -2.55. The van der Waals surface area contributed by atoms with Crippen LogP contribution in [0, 0.1) is 0 Å². The Morgan fingerprint density at radius 3 is 2.58 bits per heavy atom. The molecular formula is C32H32N6O5. The van der Waals surface area contributed by atoms with E-state index in [2.05, 4.69) is 16.9 Å². The average molecular weight is 581 g/mol. The first-order valence-corrected chi connectivity index (χ1v) is 14.1. The summed E-state index contributed by atoms with van der Waals surface area (Å²) in [6.45, 7) is 4.68. The molecule has 2 aliphatic heterocycles. The third-order valence-electron chi connectivity index (χ3n) is 7.80. The van der Waals surface area contributed by atoms with Crippen molar-refractivity contribution in [2.24, 2.45) is 0 Å². The molecule has 2 atom stereocenters. The highest BCUT2D eigenvalue weighted by atomic mass is 16.3. The van der Waals surface area contributed by atoms with Crippen LogP contribution in [-0.2, 0) is 29.1 Å². The molecule has 0 saturated carbocycles. The van der Waals surface area contributed by atoms with Crippen LogP contribution in [0.1, 0.15) is 16.7 Å². The van der Waals surface area contributed by atoms with Crippen LogP contribution in [0.25, 0.3) is 11.1 Å². The van der Waals surface area contributed by atoms with Crippen molar-refractivity contribution in [3.05, 3.63) is 109 Å². The fourth-order valence-corrected chi connectivity index (χ4v) is 5.77. The first kappa shape index (κ1) is 28.0. The third kappa shape index (κ3) is 5.80. The topological polar surface area (TPSA) is 122 Å². The Balaban J connectivity index is 1.34. The number of hydrogen-bond donors (Lipinski definition) is 2. The molecule has 0 aliphatic carbocycles. The molecule has 4 aromatic rings. The number of carbonyl (C=O) groups is 3. The van der Waals surface area contributed by atoms with Gasteiger partial charge in [0.15, 0.2) is 12.0 Å². The van der Waals surface area contributed by atoms with Gasteiger partial charge in [0.2, 0.25) is 11.8 Å². The zero-order valence-electron chi connectivity index (χ0n) is 23.5. The molecule has 220 valence electrons. The molecule has 4 amide bonds. The number of benzene rings is 3. The fourth-order valence-electron chi connectivity index (χ4n) is 5.77. The quantitative estimate of drug-likeness (QED) is 0.307. The minimum Gasteiger partial charge on any atom is -0.508 e. The number of phenols is 1. The van der Waals surface area contributed by atoms with Gasteiger partial charge >= 0.3 is 6.03 Å². The summed E-state index contributed by atoms with van der Waals surface area (Å²) in [5, 5.41) is 16.0. The number of nitrogens with zero attached hydrogens (tertiary/aromatic N) is 5. The molecule has 11 heteroatoms. The molecule has 3 heterocycles. The number of hydrazine groups is 1. The number of aromatic hydroxyl groups is 1. The highest BCUT2D eigenvalue weighted by molar-refractivity contribution is 5.91. The molecule has 0 unspecified atom stereocenters. The van der Waals surface area contributed by atoms with Gasteiger partial charge in [0.1, 0.15) is 23.5 Å². The molecule has 1 aromatic heterocycles. The van der Waals surface area contributed by atoms with Crippen LogP contribution in [0.5, 0.6) is 5.75 Å². The van der Waals surface area contributed by atoms with E-state index >= 15 is 0 Å². The highest BCUT2D eigenvalue weighted by Crippen LogP contribution is 2.30. The Morgan fingerprint density at radius 2 is 1.81 bits per heavy atom. The van der Waals surface area contributed by atoms with Gasteiger partial charge in [-0.2, -0.15) is 0 Å². The Morgan fingerprint density at radius 1 is 1.05 bits per heavy atom. The van der Waals surface area contributed by atoms with Crippen molar-refractivity contribution in [2.75, 3.05) is 19.6 Å². The number of fused-ring (bicyclic) bond motifs is 2. The van der Waals surface area contributed by atoms with Crippen molar-refractivity contribution in [1.82, 2.24) is 30.1 Å². The smallest absolute Gasteiger partial charge is 0.334 e. The lowest BCUT2D eigenvalue weighted by atomic mass is 9.98. The monoisotopic (exact) mass is 580 g/mol. The normalized spacial score (nSPS) is 19.0. The molecule has 2 saturated heterocycles. The first-order chi connectivity index (χ1) is 20.9. The largest absolute Gasteiger partial charge is 0.508 e. The predicted octanol–water partition coefficient (Wildman–Crippen LogP) is 3.27. The van der Waals surface area contributed by atoms with E-state index in [0.717, 1.165) is 16.7 Å². The number of carbonyl (C=O) groups excluding carboxylic acids is 3. The SMILES string of the molecule is C=CCN1CC(=O)N2[C@@H](Cc3ccc(O)cc3)C(=O)N(Cc3ccc4ncoc4c3)C[C@@H]2N1C(=O)NCc1ccccc1. The van der Waals surface area contributed by atoms with Crippen LogP contribution in [0.3, 0.4) is 0 Å². The molecule has 2 aliphatic rings. The maximum Gasteiger partial charge on any atom is 0.334 e. The number of phenolic OH excluding ortho intramolecular Hbond substituents is 1. The van der Waals surface area contributed by atoms with Crippen molar-refractivity contribution in [3.63, 3.8) is 0 Å². The summed E-state index contributed by atoms with van der Waals surface area (Å²) in [6, 6.07) is 20.5. The summed E-state index contributed by atoms with van der Waals surface area (Å²) >= 11 is 0. The molecule has 43 heavy (non-hydrogen) atoms. The summed E-state index contributed by atoms with van der Waals surface area (Å²) < 4.78 is 5.47. The minimum atomic E-state index is -0.861. The maximum atomic E-state index is 14.1. The zero-order chi connectivity index (χ0) is 29.9. The first-order valence-electron chi connectivity index (χ1n) is 14.1. The number of rotatable bonds is 8. The van der Waals surface area contributed by atoms with Gasteiger partial charge in [0, 0.05) is 26.1 Å². The number of hydrogen-bond acceptors (Lipinski definition) is 7. The molecule has 2 N–H and O–H groups in total. The Labute approximate surface area is 248 Å². The van der Waals surface area contributed by atoms with Crippen LogP contribution in [0.2, 0.25) is 0 Å². The van der Waals surface area contributed by atoms with Crippen molar-refractivity contribution in [3.8, 4) is 5.75 Å². The zero-order valence-corrected chi connectivity index (χ0v) is 23.5. The molecule has 0 spiro atoms. The second-order valence-corrected chi connectivity index (χ2v) is 10.7. The van der Waals surface area contributed by atoms with E-state index in [1.807, 2.05) is 48.5 Å². The number of amides is 4. The summed E-state index contributed by atoms with van der Waals surface area (Å²) in [5.74, 6) is -0.368. The molecule has 6 rings (SSSR count). The standard InChI is InChI=1S/C32H32N6O5/c1-2-14-36-20-30(40)37-27(15-22-8-11-25(39)12-9-22)31(41)35(18-24-10-13-26-28(16-24)43-21-34-26)19-29(37)38(36)32(42)33-17-23-6-4-3-5-7-23/h2-13,16,21,27,29,39H,1,14-15,17-20H2,(H,33,42)/t27-,29-/m0/s1. The number of nitrogens with one attached hydrogen (secondary N) is 1. The molecule has 11 nitrogen and oxygen atoms in total. The van der Waals surface area contributed by atoms with Gasteiger partial charge in [-0.15, -0.1) is 6.58 Å². The summed E-state index contributed by atoms with van der Waals surface area (Å²) in [6.07, 6.45) is 2.48. The number of urea groups is 1. The number of piperazine rings is 1. The van der Waals surface area contributed by atoms with Gasteiger partial charge in [-0.05, 0) is 41.0 Å². The lowest BCUT2D eigenvalue weighted by molar-refractivity contribution is -0.189. The predicted molar refractivity (Wildman–Crippen MR) is 158 cm³/mol. The van der Waals surface area contributed by atoms with Crippen molar-refractivity contribution >= 4 is 28.9 Å². The van der Waals surface area contributed by atoms with Gasteiger partial charge in [-0.1, -0.05) is 54.6 Å².